The van der Waals surface area contributed by atoms with Gasteiger partial charge in [-0.15, -0.1) is 0 Å². The predicted octanol–water partition coefficient (Wildman–Crippen LogP) is 20.3. The Hall–Kier alpha value is -11.9. The molecule has 0 aliphatic heterocycles. The van der Waals surface area contributed by atoms with Crippen LogP contribution in [0.25, 0.3) is 151 Å². The Bertz CT molecular complexity index is 5250. The van der Waals surface area contributed by atoms with Crippen molar-refractivity contribution in [2.75, 3.05) is 0 Å². The highest BCUT2D eigenvalue weighted by molar-refractivity contribution is 6.13. The molecule has 5 aromatic heterocycles. The molecule has 0 aliphatic carbocycles. The molecule has 17 rings (SSSR count). The maximum atomic E-state index is 5.05. The summed E-state index contributed by atoms with van der Waals surface area (Å²) in [5, 5.41) is 7.49. The molecule has 5 heterocycles. The van der Waals surface area contributed by atoms with Crippen LogP contribution in [-0.2, 0) is 0 Å². The SMILES string of the molecule is Cc1cc(-c2nc(-c3ccccc3)nc(-c3ccccc3)n2)cc(C)c1-n1c2ccccc2c2ccccc21.c1ccc(-c2cc(-c3ccc(-n4c5ccccc5c5cc(-n6c7ccccc7c7ccccc76)ccc54)cc3)nc(-c3ccccc3)n2)cc1. The smallest absolute Gasteiger partial charge is 0.164 e. The zero-order chi connectivity index (χ0) is 59.4. The number of aromatic nitrogens is 8. The summed E-state index contributed by atoms with van der Waals surface area (Å²) in [7, 11) is 0. The number of hydrogen-bond acceptors (Lipinski definition) is 5. The van der Waals surface area contributed by atoms with Gasteiger partial charge in [-0.05, 0) is 104 Å². The van der Waals surface area contributed by atoms with Crippen molar-refractivity contribution in [2.45, 2.75) is 13.8 Å². The lowest BCUT2D eigenvalue weighted by Gasteiger charge is -2.16. The van der Waals surface area contributed by atoms with E-state index in [0.29, 0.717) is 23.3 Å². The highest BCUT2D eigenvalue weighted by Crippen LogP contribution is 2.40. The molecule has 17 aromatic rings. The summed E-state index contributed by atoms with van der Waals surface area (Å²) in [6, 6.07) is 106. The van der Waals surface area contributed by atoms with Crippen LogP contribution in [0.1, 0.15) is 11.1 Å². The standard InChI is InChI=1S/C46H30N4.C35H26N4/c1-3-13-31(14-4-1)40-30-41(48-46(47-40)33-15-5-2-6-16-33)32-23-25-34(26-24-32)49-44-22-12-9-19-38(44)39-29-35(27-28-45(39)49)50-42-20-10-7-17-36(42)37-18-8-11-21-43(37)50;1-23-21-27(22-24(2)32(23)39-30-19-11-9-17-28(30)29-18-10-12-20-31(29)39)35-37-33(25-13-5-3-6-14-25)36-34(38-35)26-15-7-4-8-16-26/h1-30H;3-22H,1-2H3. The molecule has 0 atom stereocenters. The average molecular weight is 1140 g/mol. The first kappa shape index (κ1) is 52.7. The van der Waals surface area contributed by atoms with Crippen LogP contribution in [0.15, 0.2) is 303 Å². The van der Waals surface area contributed by atoms with E-state index in [1.54, 1.807) is 0 Å². The Labute approximate surface area is 514 Å². The van der Waals surface area contributed by atoms with E-state index >= 15 is 0 Å². The molecule has 89 heavy (non-hydrogen) atoms. The number of nitrogens with zero attached hydrogens (tertiary/aromatic N) is 8. The summed E-state index contributed by atoms with van der Waals surface area (Å²) < 4.78 is 7.15. The van der Waals surface area contributed by atoms with Gasteiger partial charge in [0.05, 0.1) is 50.2 Å². The molecule has 0 fully saturated rings. The fraction of sp³-hybridized carbons (Fsp3) is 0.0247. The van der Waals surface area contributed by atoms with Gasteiger partial charge >= 0.3 is 0 Å². The Kier molecular flexibility index (Phi) is 13.1. The van der Waals surface area contributed by atoms with Crippen molar-refractivity contribution < 1.29 is 0 Å². The first-order valence-electron chi connectivity index (χ1n) is 30.1. The molecule has 8 nitrogen and oxygen atoms in total. The van der Waals surface area contributed by atoms with Gasteiger partial charge in [0.15, 0.2) is 23.3 Å². The Morgan fingerprint density at radius 2 is 0.517 bits per heavy atom. The van der Waals surface area contributed by atoms with Gasteiger partial charge in [-0.25, -0.2) is 24.9 Å². The van der Waals surface area contributed by atoms with Gasteiger partial charge in [-0.1, -0.05) is 224 Å². The summed E-state index contributed by atoms with van der Waals surface area (Å²) in [6.45, 7) is 4.35. The number of aryl methyl sites for hydroxylation is 2. The fourth-order valence-electron chi connectivity index (χ4n) is 13.0. The number of benzene rings is 12. The molecule has 0 radical (unpaired) electrons. The molecule has 420 valence electrons. The molecule has 0 saturated carbocycles. The molecular formula is C81H56N8. The largest absolute Gasteiger partial charge is 0.309 e. The maximum absolute atomic E-state index is 5.05. The molecule has 0 unspecified atom stereocenters. The minimum Gasteiger partial charge on any atom is -0.309 e. The minimum atomic E-state index is 0.668. The van der Waals surface area contributed by atoms with E-state index < -0.39 is 0 Å². The zero-order valence-corrected chi connectivity index (χ0v) is 48.9. The lowest BCUT2D eigenvalue weighted by atomic mass is 10.0. The van der Waals surface area contributed by atoms with E-state index in [0.717, 1.165) is 56.1 Å². The molecule has 0 saturated heterocycles. The second kappa shape index (κ2) is 22.2. The molecule has 0 spiro atoms. The summed E-state index contributed by atoms with van der Waals surface area (Å²) in [5.74, 6) is 2.72. The van der Waals surface area contributed by atoms with Crippen molar-refractivity contribution in [3.8, 4) is 85.1 Å². The van der Waals surface area contributed by atoms with Crippen molar-refractivity contribution in [1.82, 2.24) is 38.6 Å². The van der Waals surface area contributed by atoms with Gasteiger partial charge in [0.2, 0.25) is 0 Å². The van der Waals surface area contributed by atoms with Crippen LogP contribution in [0.2, 0.25) is 0 Å². The van der Waals surface area contributed by atoms with E-state index in [4.69, 9.17) is 24.9 Å². The third-order valence-corrected chi connectivity index (χ3v) is 17.0. The van der Waals surface area contributed by atoms with E-state index in [2.05, 4.69) is 234 Å². The van der Waals surface area contributed by atoms with E-state index in [1.807, 2.05) is 97.1 Å². The van der Waals surface area contributed by atoms with Crippen molar-refractivity contribution in [3.63, 3.8) is 0 Å². The highest BCUT2D eigenvalue weighted by Gasteiger charge is 2.21. The van der Waals surface area contributed by atoms with Crippen molar-refractivity contribution in [1.29, 1.82) is 0 Å². The monoisotopic (exact) mass is 1140 g/mol. The fourth-order valence-corrected chi connectivity index (χ4v) is 13.0. The second-order valence-corrected chi connectivity index (χ2v) is 22.5. The van der Waals surface area contributed by atoms with Crippen LogP contribution in [0, 0.1) is 13.8 Å². The highest BCUT2D eigenvalue weighted by atomic mass is 15.0. The minimum absolute atomic E-state index is 0.668. The van der Waals surface area contributed by atoms with Gasteiger partial charge in [-0.3, -0.25) is 0 Å². The number of hydrogen-bond donors (Lipinski definition) is 0. The van der Waals surface area contributed by atoms with Crippen LogP contribution in [0.5, 0.6) is 0 Å². The molecule has 8 heteroatoms. The summed E-state index contributed by atoms with van der Waals surface area (Å²) in [6.07, 6.45) is 0. The molecule has 0 amide bonds. The molecule has 0 aliphatic rings. The van der Waals surface area contributed by atoms with Crippen LogP contribution in [0.4, 0.5) is 0 Å². The van der Waals surface area contributed by atoms with Crippen molar-refractivity contribution >= 4 is 65.4 Å². The van der Waals surface area contributed by atoms with Crippen molar-refractivity contribution in [3.05, 3.63) is 314 Å². The van der Waals surface area contributed by atoms with E-state index in [9.17, 15) is 0 Å². The lowest BCUT2D eigenvalue weighted by Crippen LogP contribution is -2.03. The summed E-state index contributed by atoms with van der Waals surface area (Å²) >= 11 is 0. The van der Waals surface area contributed by atoms with Gasteiger partial charge in [0.25, 0.3) is 0 Å². The number of rotatable bonds is 9. The second-order valence-electron chi connectivity index (χ2n) is 22.5. The third-order valence-electron chi connectivity index (χ3n) is 17.0. The Balaban J connectivity index is 0.000000148. The Morgan fingerprint density at radius 3 is 0.944 bits per heavy atom. The quantitative estimate of drug-likeness (QED) is 0.144. The number of para-hydroxylation sites is 5. The topological polar surface area (TPSA) is 79.2 Å². The van der Waals surface area contributed by atoms with E-state index in [-0.39, 0.29) is 0 Å². The first-order valence-corrected chi connectivity index (χ1v) is 30.1. The molecule has 12 aromatic carbocycles. The normalized spacial score (nSPS) is 11.5. The molecular weight excluding hydrogens is 1080 g/mol. The summed E-state index contributed by atoms with van der Waals surface area (Å²) in [4.78, 5) is 24.8. The Morgan fingerprint density at radius 1 is 0.213 bits per heavy atom. The van der Waals surface area contributed by atoms with Gasteiger partial charge in [-0.2, -0.15) is 0 Å². The lowest BCUT2D eigenvalue weighted by molar-refractivity contribution is 1.07. The van der Waals surface area contributed by atoms with Crippen molar-refractivity contribution in [2.24, 2.45) is 0 Å². The summed E-state index contributed by atoms with van der Waals surface area (Å²) in [5.41, 5.74) is 20.8. The zero-order valence-electron chi connectivity index (χ0n) is 48.9. The molecule has 0 bridgehead atoms. The van der Waals surface area contributed by atoms with Gasteiger partial charge < -0.3 is 13.7 Å². The van der Waals surface area contributed by atoms with Crippen LogP contribution in [-0.4, -0.2) is 38.6 Å². The maximum Gasteiger partial charge on any atom is 0.164 e. The van der Waals surface area contributed by atoms with Gasteiger partial charge in [0, 0.05) is 77.1 Å². The first-order chi connectivity index (χ1) is 44.0. The van der Waals surface area contributed by atoms with Gasteiger partial charge in [0.1, 0.15) is 0 Å². The molecule has 0 N–H and O–H groups in total. The number of fused-ring (bicyclic) bond motifs is 9. The predicted molar refractivity (Wildman–Crippen MR) is 367 cm³/mol. The van der Waals surface area contributed by atoms with E-state index in [1.165, 1.54) is 82.2 Å². The average Bonchev–Trinajstić information content (AvgIpc) is 1.67. The van der Waals surface area contributed by atoms with Crippen LogP contribution >= 0.6 is 0 Å². The van der Waals surface area contributed by atoms with Crippen LogP contribution < -0.4 is 0 Å². The van der Waals surface area contributed by atoms with Crippen LogP contribution in [0.3, 0.4) is 0 Å². The third kappa shape index (κ3) is 9.47.